The van der Waals surface area contributed by atoms with E-state index in [4.69, 9.17) is 0 Å². The van der Waals surface area contributed by atoms with E-state index in [9.17, 15) is 19.5 Å². The molecule has 2 amide bonds. The predicted octanol–water partition coefficient (Wildman–Crippen LogP) is 4.16. The van der Waals surface area contributed by atoms with Gasteiger partial charge in [-0.15, -0.1) is 0 Å². The van der Waals surface area contributed by atoms with Gasteiger partial charge in [0.25, 0.3) is 11.5 Å². The fourth-order valence-electron chi connectivity index (χ4n) is 7.22. The second kappa shape index (κ2) is 12.7. The van der Waals surface area contributed by atoms with E-state index in [1.165, 1.54) is 42.7 Å². The van der Waals surface area contributed by atoms with E-state index in [1.807, 2.05) is 54.0 Å². The average molecular weight is 577 g/mol. The van der Waals surface area contributed by atoms with Gasteiger partial charge in [-0.2, -0.15) is 0 Å². The molecule has 5 rings (SSSR count). The average Bonchev–Trinajstić information content (AvgIpc) is 3.00. The van der Waals surface area contributed by atoms with E-state index in [-0.39, 0.29) is 29.8 Å². The molecule has 2 N–H and O–H groups in total. The first-order chi connectivity index (χ1) is 20.1. The number of rotatable bonds is 7. The van der Waals surface area contributed by atoms with Crippen LogP contribution in [0.3, 0.4) is 0 Å². The molecule has 42 heavy (non-hydrogen) atoms. The molecule has 228 valence electrons. The Bertz CT molecular complexity index is 1310. The summed E-state index contributed by atoms with van der Waals surface area (Å²) in [6.07, 6.45) is 9.24. The summed E-state index contributed by atoms with van der Waals surface area (Å²) in [5.74, 6) is 0.671. The van der Waals surface area contributed by atoms with Gasteiger partial charge in [0.2, 0.25) is 5.91 Å². The number of benzene rings is 1. The number of amides is 2. The van der Waals surface area contributed by atoms with E-state index < -0.39 is 11.0 Å². The molecule has 8 heteroatoms. The lowest BCUT2D eigenvalue weighted by Crippen LogP contribution is -2.61. The third-order valence-electron chi connectivity index (χ3n) is 10.1. The van der Waals surface area contributed by atoms with Crippen LogP contribution >= 0.6 is 0 Å². The SMILES string of the molecule is C[C@H](CC1CCCCC1)C(=O)N1CCC(O)(Cn2cc(C(=O)N3CCNCC3)c(-c3ccccc3)cc2=O)C(C)(C)C1. The van der Waals surface area contributed by atoms with Gasteiger partial charge < -0.3 is 24.8 Å². The number of nitrogens with one attached hydrogen (secondary N) is 1. The van der Waals surface area contributed by atoms with Crippen molar-refractivity contribution in [3.05, 3.63) is 58.5 Å². The molecule has 3 fully saturated rings. The zero-order valence-electron chi connectivity index (χ0n) is 25.6. The molecular formula is C34H48N4O4. The van der Waals surface area contributed by atoms with E-state index >= 15 is 0 Å². The predicted molar refractivity (Wildman–Crippen MR) is 165 cm³/mol. The first-order valence-corrected chi connectivity index (χ1v) is 15.9. The summed E-state index contributed by atoms with van der Waals surface area (Å²) in [6, 6.07) is 11.1. The molecule has 0 radical (unpaired) electrons. The second-order valence-corrected chi connectivity index (χ2v) is 13.5. The monoisotopic (exact) mass is 576 g/mol. The zero-order chi connectivity index (χ0) is 29.9. The molecule has 1 aliphatic carbocycles. The van der Waals surface area contributed by atoms with Crippen molar-refractivity contribution in [1.29, 1.82) is 0 Å². The summed E-state index contributed by atoms with van der Waals surface area (Å²) < 4.78 is 1.51. The standard InChI is InChI=1S/C34H48N4O4/c1-25(20-26-10-6-4-7-11-26)31(40)37-17-14-34(42,33(2,3)23-37)24-38-22-29(32(41)36-18-15-35-16-19-36)28(21-30(38)39)27-12-8-5-9-13-27/h5,8-9,12-13,21-22,25-26,35,42H,4,6-7,10-11,14-20,23-24H2,1-3H3/t25-,34?/m1/s1. The largest absolute Gasteiger partial charge is 0.387 e. The van der Waals surface area contributed by atoms with Gasteiger partial charge in [0, 0.05) is 68.4 Å². The van der Waals surface area contributed by atoms with Crippen LogP contribution in [0.4, 0.5) is 0 Å². The molecule has 2 aliphatic heterocycles. The molecule has 3 aliphatic rings. The number of pyridine rings is 1. The van der Waals surface area contributed by atoms with Gasteiger partial charge in [0.15, 0.2) is 0 Å². The number of piperazine rings is 1. The van der Waals surface area contributed by atoms with Crippen molar-refractivity contribution < 1.29 is 14.7 Å². The minimum absolute atomic E-state index is 0.0261. The van der Waals surface area contributed by atoms with Gasteiger partial charge >= 0.3 is 0 Å². The Morgan fingerprint density at radius 3 is 2.38 bits per heavy atom. The molecule has 1 aromatic heterocycles. The lowest BCUT2D eigenvalue weighted by molar-refractivity contribution is -0.157. The summed E-state index contributed by atoms with van der Waals surface area (Å²) >= 11 is 0. The number of likely N-dealkylation sites (tertiary alicyclic amines) is 1. The van der Waals surface area contributed by atoms with Gasteiger partial charge in [-0.1, -0.05) is 83.2 Å². The highest BCUT2D eigenvalue weighted by atomic mass is 16.3. The first-order valence-electron chi connectivity index (χ1n) is 15.9. The number of carbonyl (C=O) groups excluding carboxylic acids is 2. The molecule has 0 bridgehead atoms. The minimum Gasteiger partial charge on any atom is -0.387 e. The molecule has 1 saturated carbocycles. The summed E-state index contributed by atoms with van der Waals surface area (Å²) in [4.78, 5) is 44.5. The molecule has 1 unspecified atom stereocenters. The van der Waals surface area contributed by atoms with Gasteiger partial charge in [0.05, 0.1) is 17.7 Å². The third kappa shape index (κ3) is 6.50. The van der Waals surface area contributed by atoms with Crippen molar-refractivity contribution in [2.24, 2.45) is 17.3 Å². The maximum atomic E-state index is 13.8. The van der Waals surface area contributed by atoms with Crippen molar-refractivity contribution in [1.82, 2.24) is 19.7 Å². The Labute approximate surface area is 250 Å². The number of nitrogens with zero attached hydrogens (tertiary/aromatic N) is 3. The Morgan fingerprint density at radius 2 is 1.71 bits per heavy atom. The van der Waals surface area contributed by atoms with E-state index in [1.54, 1.807) is 6.20 Å². The number of aromatic nitrogens is 1. The van der Waals surface area contributed by atoms with E-state index in [0.29, 0.717) is 49.6 Å². The fraction of sp³-hybridized carbons (Fsp3) is 0.618. The normalized spacial score (nSPS) is 23.9. The van der Waals surface area contributed by atoms with Gasteiger partial charge in [0.1, 0.15) is 0 Å². The Hall–Kier alpha value is -2.97. The maximum absolute atomic E-state index is 13.8. The van der Waals surface area contributed by atoms with Crippen LogP contribution in [0.1, 0.15) is 76.1 Å². The maximum Gasteiger partial charge on any atom is 0.256 e. The van der Waals surface area contributed by atoms with Crippen LogP contribution in [0.2, 0.25) is 0 Å². The molecule has 1 aromatic carbocycles. The van der Waals surface area contributed by atoms with Gasteiger partial charge in [-0.25, -0.2) is 0 Å². The highest BCUT2D eigenvalue weighted by Gasteiger charge is 2.49. The molecule has 0 spiro atoms. The number of piperidine rings is 1. The minimum atomic E-state index is -1.22. The highest BCUT2D eigenvalue weighted by molar-refractivity contribution is 6.00. The van der Waals surface area contributed by atoms with E-state index in [2.05, 4.69) is 12.2 Å². The number of aliphatic hydroxyl groups is 1. The molecule has 2 saturated heterocycles. The first kappa shape index (κ1) is 30.5. The van der Waals surface area contributed by atoms with Crippen molar-refractivity contribution in [3.8, 4) is 11.1 Å². The van der Waals surface area contributed by atoms with E-state index in [0.717, 1.165) is 25.1 Å². The van der Waals surface area contributed by atoms with Gasteiger partial charge in [-0.3, -0.25) is 14.4 Å². The highest BCUT2D eigenvalue weighted by Crippen LogP contribution is 2.41. The van der Waals surface area contributed by atoms with Crippen LogP contribution in [0.5, 0.6) is 0 Å². The van der Waals surface area contributed by atoms with Crippen molar-refractivity contribution in [3.63, 3.8) is 0 Å². The van der Waals surface area contributed by atoms with Crippen LogP contribution in [0.15, 0.2) is 47.4 Å². The molecule has 2 atom stereocenters. The Balaban J connectivity index is 1.36. The smallest absolute Gasteiger partial charge is 0.256 e. The van der Waals surface area contributed by atoms with Crippen LogP contribution in [-0.4, -0.2) is 76.2 Å². The third-order valence-corrected chi connectivity index (χ3v) is 10.1. The number of hydrogen-bond acceptors (Lipinski definition) is 5. The quantitative estimate of drug-likeness (QED) is 0.516. The molecule has 3 heterocycles. The second-order valence-electron chi connectivity index (χ2n) is 13.5. The zero-order valence-corrected chi connectivity index (χ0v) is 25.6. The van der Waals surface area contributed by atoms with Crippen LogP contribution in [0.25, 0.3) is 11.1 Å². The summed E-state index contributed by atoms with van der Waals surface area (Å²) in [7, 11) is 0. The van der Waals surface area contributed by atoms with Crippen LogP contribution in [0, 0.1) is 17.3 Å². The Morgan fingerprint density at radius 1 is 1.02 bits per heavy atom. The van der Waals surface area contributed by atoms with Crippen LogP contribution < -0.4 is 10.9 Å². The fourth-order valence-corrected chi connectivity index (χ4v) is 7.22. The van der Waals surface area contributed by atoms with Crippen molar-refractivity contribution in [2.75, 3.05) is 39.3 Å². The lowest BCUT2D eigenvalue weighted by atomic mass is 9.69. The molecule has 2 aromatic rings. The Kier molecular flexibility index (Phi) is 9.23. The van der Waals surface area contributed by atoms with Crippen molar-refractivity contribution >= 4 is 11.8 Å². The van der Waals surface area contributed by atoms with Crippen molar-refractivity contribution in [2.45, 2.75) is 77.9 Å². The summed E-state index contributed by atoms with van der Waals surface area (Å²) in [5.41, 5.74) is -0.231. The summed E-state index contributed by atoms with van der Waals surface area (Å²) in [5, 5.41) is 15.3. The summed E-state index contributed by atoms with van der Waals surface area (Å²) in [6.45, 7) is 9.63. The topological polar surface area (TPSA) is 94.9 Å². The lowest BCUT2D eigenvalue weighted by Gasteiger charge is -2.51. The number of carbonyl (C=O) groups is 2. The van der Waals surface area contributed by atoms with Gasteiger partial charge in [-0.05, 0) is 24.3 Å². The number of hydrogen-bond donors (Lipinski definition) is 2. The van der Waals surface area contributed by atoms with Crippen LogP contribution in [-0.2, 0) is 11.3 Å². The molecular weight excluding hydrogens is 528 g/mol. The molecule has 8 nitrogen and oxygen atoms in total.